The molecule has 0 unspecified atom stereocenters. The summed E-state index contributed by atoms with van der Waals surface area (Å²) in [4.78, 5) is 12.1. The number of alkyl carbamates (subject to hydrolysis) is 1. The lowest BCUT2D eigenvalue weighted by molar-refractivity contribution is -0.141. The van der Waals surface area contributed by atoms with Crippen molar-refractivity contribution in [3.63, 3.8) is 0 Å². The van der Waals surface area contributed by atoms with Gasteiger partial charge in [0, 0.05) is 0 Å². The fraction of sp³-hybridized carbons (Fsp3) is 0.789. The van der Waals surface area contributed by atoms with Crippen LogP contribution >= 0.6 is 0 Å². The molecule has 0 aromatic carbocycles. The van der Waals surface area contributed by atoms with E-state index >= 15 is 0 Å². The predicted molar refractivity (Wildman–Crippen MR) is 106 cm³/mol. The predicted octanol–water partition coefficient (Wildman–Crippen LogP) is 3.50. The van der Waals surface area contributed by atoms with Crippen LogP contribution in [0.4, 0.5) is 18.0 Å². The van der Waals surface area contributed by atoms with Crippen molar-refractivity contribution in [2.24, 2.45) is 0 Å². The van der Waals surface area contributed by atoms with Crippen LogP contribution in [0.1, 0.15) is 68.0 Å². The summed E-state index contributed by atoms with van der Waals surface area (Å²) in [5.41, 5.74) is -4.05. The summed E-state index contributed by atoms with van der Waals surface area (Å²) in [7, 11) is -1.03. The van der Waals surface area contributed by atoms with E-state index in [4.69, 9.17) is 14.0 Å². The van der Waals surface area contributed by atoms with E-state index in [1.807, 2.05) is 27.7 Å². The summed E-state index contributed by atoms with van der Waals surface area (Å²) in [5, 5.41) is 6.40. The van der Waals surface area contributed by atoms with Gasteiger partial charge in [-0.25, -0.2) is 4.79 Å². The zero-order valence-electron chi connectivity index (χ0n) is 19.0. The minimum absolute atomic E-state index is 0.0538. The summed E-state index contributed by atoms with van der Waals surface area (Å²) < 4.78 is 58.3. The van der Waals surface area contributed by atoms with Crippen LogP contribution in [0.5, 0.6) is 0 Å². The lowest BCUT2D eigenvalue weighted by Crippen LogP contribution is -2.51. The van der Waals surface area contributed by atoms with Gasteiger partial charge in [-0.1, -0.05) is 0 Å². The number of carbonyl (C=O) groups excluding carboxylic acids is 1. The summed E-state index contributed by atoms with van der Waals surface area (Å²) in [6.07, 6.45) is -5.31. The number of nitrogens with one attached hydrogen (secondary N) is 1. The molecule has 0 saturated carbocycles. The third kappa shape index (κ3) is 5.69. The Morgan fingerprint density at radius 1 is 1.13 bits per heavy atom. The number of halogens is 3. The van der Waals surface area contributed by atoms with Crippen LogP contribution in [0.2, 0.25) is 0 Å². The molecule has 0 bridgehead atoms. The molecule has 1 saturated heterocycles. The second-order valence-electron chi connectivity index (χ2n) is 10.2. The van der Waals surface area contributed by atoms with E-state index in [-0.39, 0.29) is 12.1 Å². The van der Waals surface area contributed by atoms with E-state index in [9.17, 15) is 18.0 Å². The number of ether oxygens (including phenoxy) is 1. The molecule has 7 nitrogen and oxygen atoms in total. The summed E-state index contributed by atoms with van der Waals surface area (Å²) in [6, 6.07) is 0.922. The summed E-state index contributed by atoms with van der Waals surface area (Å²) >= 11 is 0. The third-order valence-corrected chi connectivity index (χ3v) is 4.98. The second-order valence-corrected chi connectivity index (χ2v) is 10.2. The highest BCUT2D eigenvalue weighted by molar-refractivity contribution is 6.61. The summed E-state index contributed by atoms with van der Waals surface area (Å²) in [6.45, 7) is 15.7. The van der Waals surface area contributed by atoms with Crippen molar-refractivity contribution in [2.75, 3.05) is 0 Å². The number of nitrogens with zero attached hydrogens (tertiary/aromatic N) is 2. The SMILES string of the molecule is CC(C)(Cn1nc(C(F)(F)F)cc1B1OC(C)(C)C(C)(C)O1)NC(=O)OC(C)(C)C. The van der Waals surface area contributed by atoms with Crippen molar-refractivity contribution in [1.29, 1.82) is 0 Å². The molecule has 0 atom stereocenters. The first-order valence-corrected chi connectivity index (χ1v) is 9.74. The van der Waals surface area contributed by atoms with Gasteiger partial charge in [0.1, 0.15) is 5.60 Å². The van der Waals surface area contributed by atoms with Gasteiger partial charge in [-0.3, -0.25) is 4.68 Å². The van der Waals surface area contributed by atoms with Crippen molar-refractivity contribution in [2.45, 2.75) is 97.4 Å². The quantitative estimate of drug-likeness (QED) is 0.736. The van der Waals surface area contributed by atoms with Crippen LogP contribution in [0.15, 0.2) is 6.07 Å². The first kappa shape index (κ1) is 24.5. The van der Waals surface area contributed by atoms with Crippen LogP contribution < -0.4 is 10.9 Å². The first-order valence-electron chi connectivity index (χ1n) is 9.74. The first-order chi connectivity index (χ1) is 13.2. The van der Waals surface area contributed by atoms with E-state index in [0.717, 1.165) is 6.07 Å². The largest absolute Gasteiger partial charge is 0.514 e. The molecule has 30 heavy (non-hydrogen) atoms. The number of aromatic nitrogens is 2. The van der Waals surface area contributed by atoms with Gasteiger partial charge in [0.15, 0.2) is 5.69 Å². The average Bonchev–Trinajstić information content (AvgIpc) is 2.93. The molecular weight excluding hydrogens is 402 g/mol. The minimum atomic E-state index is -4.63. The molecule has 2 rings (SSSR count). The van der Waals surface area contributed by atoms with Gasteiger partial charge in [-0.05, 0) is 68.4 Å². The van der Waals surface area contributed by atoms with E-state index in [1.54, 1.807) is 34.6 Å². The van der Waals surface area contributed by atoms with Crippen molar-refractivity contribution in [3.05, 3.63) is 11.8 Å². The Morgan fingerprint density at radius 2 is 1.63 bits per heavy atom. The Kier molecular flexibility index (Phi) is 6.08. The number of amides is 1. The number of carbonyl (C=O) groups is 1. The second kappa shape index (κ2) is 7.44. The molecule has 0 spiro atoms. The molecule has 1 amide bonds. The molecule has 11 heteroatoms. The fourth-order valence-corrected chi connectivity index (χ4v) is 2.84. The van der Waals surface area contributed by atoms with Gasteiger partial charge in [0.2, 0.25) is 0 Å². The molecule has 2 heterocycles. The molecule has 1 aromatic rings. The van der Waals surface area contributed by atoms with Crippen LogP contribution in [-0.2, 0) is 26.8 Å². The van der Waals surface area contributed by atoms with E-state index < -0.39 is 47.4 Å². The Labute approximate surface area is 175 Å². The van der Waals surface area contributed by atoms with Gasteiger partial charge >= 0.3 is 19.4 Å². The zero-order chi connectivity index (χ0) is 23.3. The maximum Gasteiger partial charge on any atom is 0.514 e. The van der Waals surface area contributed by atoms with Crippen LogP contribution in [0.25, 0.3) is 0 Å². The Hall–Kier alpha value is -1.75. The molecule has 1 aromatic heterocycles. The normalized spacial score (nSPS) is 19.1. The molecule has 1 N–H and O–H groups in total. The van der Waals surface area contributed by atoms with Crippen LogP contribution in [0, 0.1) is 0 Å². The summed E-state index contributed by atoms with van der Waals surface area (Å²) in [5.74, 6) is 0. The topological polar surface area (TPSA) is 74.6 Å². The number of hydrogen-bond acceptors (Lipinski definition) is 5. The van der Waals surface area contributed by atoms with Gasteiger partial charge in [-0.2, -0.15) is 18.3 Å². The third-order valence-electron chi connectivity index (χ3n) is 4.98. The van der Waals surface area contributed by atoms with Gasteiger partial charge in [0.05, 0.1) is 28.9 Å². The van der Waals surface area contributed by atoms with Crippen LogP contribution in [-0.4, -0.2) is 45.3 Å². The zero-order valence-corrected chi connectivity index (χ0v) is 19.0. The standard InChI is InChI=1S/C19H31BF3N3O4/c1-15(2,3)28-14(27)24-16(4,5)11-26-13(10-12(25-26)19(21,22)23)20-29-17(6,7)18(8,9)30-20/h10H,11H2,1-9H3,(H,24,27). The lowest BCUT2D eigenvalue weighted by atomic mass is 9.84. The lowest BCUT2D eigenvalue weighted by Gasteiger charge is -2.32. The monoisotopic (exact) mass is 433 g/mol. The van der Waals surface area contributed by atoms with Gasteiger partial charge < -0.3 is 19.4 Å². The van der Waals surface area contributed by atoms with E-state index in [2.05, 4.69) is 10.4 Å². The van der Waals surface area contributed by atoms with E-state index in [1.165, 1.54) is 4.68 Å². The fourth-order valence-electron chi connectivity index (χ4n) is 2.84. The van der Waals surface area contributed by atoms with Gasteiger partial charge in [0.25, 0.3) is 0 Å². The average molecular weight is 433 g/mol. The Morgan fingerprint density at radius 3 is 2.07 bits per heavy atom. The number of rotatable bonds is 4. The smallest absolute Gasteiger partial charge is 0.444 e. The van der Waals surface area contributed by atoms with E-state index in [0.29, 0.717) is 0 Å². The van der Waals surface area contributed by atoms with Gasteiger partial charge in [-0.15, -0.1) is 0 Å². The molecule has 1 fully saturated rings. The molecule has 0 radical (unpaired) electrons. The molecule has 1 aliphatic rings. The van der Waals surface area contributed by atoms with Crippen LogP contribution in [0.3, 0.4) is 0 Å². The maximum absolute atomic E-state index is 13.4. The number of alkyl halides is 3. The maximum atomic E-state index is 13.4. The molecule has 1 aliphatic heterocycles. The Bertz CT molecular complexity index is 782. The number of hydrogen-bond donors (Lipinski definition) is 1. The highest BCUT2D eigenvalue weighted by Crippen LogP contribution is 2.37. The minimum Gasteiger partial charge on any atom is -0.444 e. The van der Waals surface area contributed by atoms with Crippen molar-refractivity contribution < 1.29 is 32.0 Å². The highest BCUT2D eigenvalue weighted by Gasteiger charge is 2.53. The molecular formula is C19H31BF3N3O4. The van der Waals surface area contributed by atoms with Crippen molar-refractivity contribution in [1.82, 2.24) is 15.1 Å². The Balaban J connectivity index is 2.33. The molecule has 0 aliphatic carbocycles. The van der Waals surface area contributed by atoms with Crippen molar-refractivity contribution in [3.8, 4) is 0 Å². The molecule has 170 valence electrons. The van der Waals surface area contributed by atoms with Crippen molar-refractivity contribution >= 4 is 18.8 Å². The highest BCUT2D eigenvalue weighted by atomic mass is 19.4.